The smallest absolute Gasteiger partial charge is 0.306 e. The van der Waals surface area contributed by atoms with E-state index < -0.39 is 0 Å². The molecule has 3 nitrogen and oxygen atoms in total. The average molecular weight is 208 g/mol. The van der Waals surface area contributed by atoms with Crippen molar-refractivity contribution in [2.75, 3.05) is 13.7 Å². The van der Waals surface area contributed by atoms with Crippen molar-refractivity contribution in [3.05, 3.63) is 29.8 Å². The summed E-state index contributed by atoms with van der Waals surface area (Å²) in [6, 6.07) is 7.69. The first-order chi connectivity index (χ1) is 7.27. The Labute approximate surface area is 90.0 Å². The fourth-order valence-electron chi connectivity index (χ4n) is 1.38. The molecule has 0 saturated heterocycles. The molecule has 0 aromatic heterocycles. The zero-order valence-corrected chi connectivity index (χ0v) is 9.16. The predicted octanol–water partition coefficient (Wildman–Crippen LogP) is 2.19. The van der Waals surface area contributed by atoms with Crippen molar-refractivity contribution in [2.45, 2.75) is 19.8 Å². The van der Waals surface area contributed by atoms with E-state index in [9.17, 15) is 4.79 Å². The Bertz CT molecular complexity index is 320. The summed E-state index contributed by atoms with van der Waals surface area (Å²) in [6.07, 6.45) is 1.05. The maximum atomic E-state index is 11.2. The lowest BCUT2D eigenvalue weighted by molar-refractivity contribution is -0.143. The zero-order valence-electron chi connectivity index (χ0n) is 9.16. The molecule has 3 heteroatoms. The van der Waals surface area contributed by atoms with Crippen LogP contribution in [-0.2, 0) is 16.0 Å². The molecule has 0 saturated carbocycles. The highest BCUT2D eigenvalue weighted by Gasteiger charge is 2.05. The van der Waals surface area contributed by atoms with Gasteiger partial charge in [-0.15, -0.1) is 0 Å². The number of rotatable bonds is 5. The lowest BCUT2D eigenvalue weighted by Crippen LogP contribution is -2.05. The summed E-state index contributed by atoms with van der Waals surface area (Å²) in [5, 5.41) is 0. The molecule has 0 unspecified atom stereocenters. The van der Waals surface area contributed by atoms with E-state index in [-0.39, 0.29) is 5.97 Å². The molecule has 0 spiro atoms. The molecule has 0 heterocycles. The highest BCUT2D eigenvalue weighted by molar-refractivity contribution is 5.69. The summed E-state index contributed by atoms with van der Waals surface area (Å²) in [6.45, 7) is 2.24. The molecular formula is C12H16O3. The van der Waals surface area contributed by atoms with E-state index in [4.69, 9.17) is 9.47 Å². The number of benzene rings is 1. The first kappa shape index (κ1) is 11.6. The minimum Gasteiger partial charge on any atom is -0.496 e. The minimum atomic E-state index is -0.164. The van der Waals surface area contributed by atoms with Gasteiger partial charge in [0.25, 0.3) is 0 Å². The summed E-state index contributed by atoms with van der Waals surface area (Å²) in [7, 11) is 1.63. The largest absolute Gasteiger partial charge is 0.496 e. The van der Waals surface area contributed by atoms with Gasteiger partial charge in [-0.2, -0.15) is 0 Å². The van der Waals surface area contributed by atoms with Crippen molar-refractivity contribution in [2.24, 2.45) is 0 Å². The lowest BCUT2D eigenvalue weighted by atomic mass is 10.1. The van der Waals surface area contributed by atoms with Gasteiger partial charge in [-0.1, -0.05) is 18.2 Å². The Morgan fingerprint density at radius 3 is 2.73 bits per heavy atom. The third kappa shape index (κ3) is 3.62. The average Bonchev–Trinajstić information content (AvgIpc) is 2.27. The van der Waals surface area contributed by atoms with Gasteiger partial charge in [0, 0.05) is 6.42 Å². The topological polar surface area (TPSA) is 35.5 Å². The molecule has 0 radical (unpaired) electrons. The summed E-state index contributed by atoms with van der Waals surface area (Å²) < 4.78 is 10.0. The van der Waals surface area contributed by atoms with Crippen LogP contribution in [0, 0.1) is 0 Å². The van der Waals surface area contributed by atoms with E-state index in [1.807, 2.05) is 24.3 Å². The van der Waals surface area contributed by atoms with Crippen LogP contribution >= 0.6 is 0 Å². The van der Waals surface area contributed by atoms with Crippen molar-refractivity contribution in [1.29, 1.82) is 0 Å². The van der Waals surface area contributed by atoms with Gasteiger partial charge in [0.1, 0.15) is 5.75 Å². The highest BCUT2D eigenvalue weighted by atomic mass is 16.5. The van der Waals surface area contributed by atoms with Crippen molar-refractivity contribution >= 4 is 5.97 Å². The van der Waals surface area contributed by atoms with Gasteiger partial charge in [0.05, 0.1) is 13.7 Å². The molecule has 0 fully saturated rings. The molecule has 82 valence electrons. The number of ether oxygens (including phenoxy) is 2. The minimum absolute atomic E-state index is 0.164. The molecule has 0 aliphatic heterocycles. The van der Waals surface area contributed by atoms with E-state index in [1.165, 1.54) is 0 Å². The Morgan fingerprint density at radius 2 is 2.07 bits per heavy atom. The monoisotopic (exact) mass is 208 g/mol. The van der Waals surface area contributed by atoms with E-state index in [0.717, 1.165) is 11.3 Å². The van der Waals surface area contributed by atoms with Crippen LogP contribution in [0.2, 0.25) is 0 Å². The molecule has 1 rings (SSSR count). The van der Waals surface area contributed by atoms with Gasteiger partial charge < -0.3 is 9.47 Å². The van der Waals surface area contributed by atoms with Crippen LogP contribution in [0.5, 0.6) is 5.75 Å². The number of hydrogen-bond acceptors (Lipinski definition) is 3. The van der Waals surface area contributed by atoms with Crippen LogP contribution in [0.25, 0.3) is 0 Å². The van der Waals surface area contributed by atoms with Crippen LogP contribution in [0.15, 0.2) is 24.3 Å². The summed E-state index contributed by atoms with van der Waals surface area (Å²) in [5.74, 6) is 0.658. The second-order valence-electron chi connectivity index (χ2n) is 3.12. The molecule has 1 aromatic carbocycles. The van der Waals surface area contributed by atoms with Gasteiger partial charge >= 0.3 is 5.97 Å². The van der Waals surface area contributed by atoms with Crippen molar-refractivity contribution in [1.82, 2.24) is 0 Å². The van der Waals surface area contributed by atoms with Crippen LogP contribution in [0.1, 0.15) is 18.9 Å². The summed E-state index contributed by atoms with van der Waals surface area (Å²) in [5.41, 5.74) is 1.04. The number of carbonyl (C=O) groups excluding carboxylic acids is 1. The first-order valence-corrected chi connectivity index (χ1v) is 5.05. The lowest BCUT2D eigenvalue weighted by Gasteiger charge is -2.07. The third-order valence-electron chi connectivity index (χ3n) is 2.10. The van der Waals surface area contributed by atoms with Gasteiger partial charge in [0.15, 0.2) is 0 Å². The second kappa shape index (κ2) is 6.06. The standard InChI is InChI=1S/C12H16O3/c1-3-15-12(13)9-8-10-6-4-5-7-11(10)14-2/h4-7H,3,8-9H2,1-2H3. The van der Waals surface area contributed by atoms with Crippen LogP contribution in [0.4, 0.5) is 0 Å². The number of methoxy groups -OCH3 is 1. The molecule has 0 atom stereocenters. The maximum absolute atomic E-state index is 11.2. The number of carbonyl (C=O) groups is 1. The molecule has 0 bridgehead atoms. The maximum Gasteiger partial charge on any atom is 0.306 e. The molecule has 0 aliphatic rings. The van der Waals surface area contributed by atoms with Gasteiger partial charge in [-0.05, 0) is 25.0 Å². The van der Waals surface area contributed by atoms with Crippen LogP contribution < -0.4 is 4.74 Å². The van der Waals surface area contributed by atoms with Gasteiger partial charge in [0.2, 0.25) is 0 Å². The number of hydrogen-bond donors (Lipinski definition) is 0. The summed E-state index contributed by atoms with van der Waals surface area (Å²) in [4.78, 5) is 11.2. The van der Waals surface area contributed by atoms with Crippen LogP contribution in [-0.4, -0.2) is 19.7 Å². The first-order valence-electron chi connectivity index (χ1n) is 5.05. The molecule has 0 N–H and O–H groups in total. The summed E-state index contributed by atoms with van der Waals surface area (Å²) >= 11 is 0. The van der Waals surface area contributed by atoms with Crippen LogP contribution in [0.3, 0.4) is 0 Å². The number of para-hydroxylation sites is 1. The Hall–Kier alpha value is -1.51. The Balaban J connectivity index is 2.53. The van der Waals surface area contributed by atoms with Crippen molar-refractivity contribution in [3.63, 3.8) is 0 Å². The second-order valence-corrected chi connectivity index (χ2v) is 3.12. The SMILES string of the molecule is CCOC(=O)CCc1ccccc1OC. The fourth-order valence-corrected chi connectivity index (χ4v) is 1.38. The molecule has 0 aliphatic carbocycles. The van der Waals surface area contributed by atoms with Crippen molar-refractivity contribution in [3.8, 4) is 5.75 Å². The molecular weight excluding hydrogens is 192 g/mol. The van der Waals surface area contributed by atoms with E-state index in [0.29, 0.717) is 19.4 Å². The van der Waals surface area contributed by atoms with Gasteiger partial charge in [-0.3, -0.25) is 4.79 Å². The molecule has 1 aromatic rings. The predicted molar refractivity (Wildman–Crippen MR) is 57.9 cm³/mol. The zero-order chi connectivity index (χ0) is 11.1. The fraction of sp³-hybridized carbons (Fsp3) is 0.417. The van der Waals surface area contributed by atoms with Gasteiger partial charge in [-0.25, -0.2) is 0 Å². The number of aryl methyl sites for hydroxylation is 1. The number of esters is 1. The van der Waals surface area contributed by atoms with E-state index in [2.05, 4.69) is 0 Å². The highest BCUT2D eigenvalue weighted by Crippen LogP contribution is 2.18. The van der Waals surface area contributed by atoms with Crippen molar-refractivity contribution < 1.29 is 14.3 Å². The quantitative estimate of drug-likeness (QED) is 0.696. The normalized spacial score (nSPS) is 9.73. The molecule has 0 amide bonds. The van der Waals surface area contributed by atoms with E-state index >= 15 is 0 Å². The Kier molecular flexibility index (Phi) is 4.68. The Morgan fingerprint density at radius 1 is 1.33 bits per heavy atom. The third-order valence-corrected chi connectivity index (χ3v) is 2.10. The molecule has 15 heavy (non-hydrogen) atoms. The van der Waals surface area contributed by atoms with E-state index in [1.54, 1.807) is 14.0 Å².